The van der Waals surface area contributed by atoms with Crippen LogP contribution in [0.25, 0.3) is 22.4 Å². The van der Waals surface area contributed by atoms with Crippen molar-refractivity contribution in [1.82, 2.24) is 28.8 Å². The monoisotopic (exact) mass is 623 g/mol. The van der Waals surface area contributed by atoms with E-state index in [9.17, 15) is 16.8 Å². The second-order valence-corrected chi connectivity index (χ2v) is 21.8. The maximum absolute atomic E-state index is 12.9. The van der Waals surface area contributed by atoms with Gasteiger partial charge in [0, 0.05) is 52.5 Å². The molecule has 4 rings (SSSR count). The summed E-state index contributed by atoms with van der Waals surface area (Å²) < 4.78 is 59.6. The molecule has 1 unspecified atom stereocenters. The molecule has 0 aliphatic carbocycles. The lowest BCUT2D eigenvalue weighted by Crippen LogP contribution is -2.46. The molecular formula is C26H41N7O5S2Si. The molecule has 12 nitrogen and oxygen atoms in total. The molecule has 4 heterocycles. The molecule has 41 heavy (non-hydrogen) atoms. The van der Waals surface area contributed by atoms with Gasteiger partial charge in [0.1, 0.15) is 18.1 Å². The third kappa shape index (κ3) is 8.31. The first kappa shape index (κ1) is 31.5. The third-order valence-electron chi connectivity index (χ3n) is 6.73. The average molecular weight is 624 g/mol. The molecule has 0 bridgehead atoms. The van der Waals surface area contributed by atoms with Gasteiger partial charge in [0.25, 0.3) is 0 Å². The highest BCUT2D eigenvalue weighted by Crippen LogP contribution is 2.29. The molecule has 3 aromatic heterocycles. The Morgan fingerprint density at radius 3 is 2.56 bits per heavy atom. The summed E-state index contributed by atoms with van der Waals surface area (Å²) in [5.41, 5.74) is 2.27. The second-order valence-electron chi connectivity index (χ2n) is 12.3. The van der Waals surface area contributed by atoms with Crippen molar-refractivity contribution in [2.45, 2.75) is 70.3 Å². The number of nitrogens with one attached hydrogen (secondary N) is 1. The van der Waals surface area contributed by atoms with Crippen molar-refractivity contribution >= 4 is 44.9 Å². The molecule has 1 fully saturated rings. The fourth-order valence-electron chi connectivity index (χ4n) is 4.61. The number of fused-ring (bicyclic) bond motifs is 1. The fourth-order valence-corrected chi connectivity index (χ4v) is 7.74. The Morgan fingerprint density at radius 1 is 1.12 bits per heavy atom. The summed E-state index contributed by atoms with van der Waals surface area (Å²) >= 11 is 0. The average Bonchev–Trinajstić information content (AvgIpc) is 3.27. The van der Waals surface area contributed by atoms with Crippen molar-refractivity contribution in [2.75, 3.05) is 37.0 Å². The van der Waals surface area contributed by atoms with Crippen molar-refractivity contribution in [1.29, 1.82) is 0 Å². The Labute approximate surface area is 243 Å². The van der Waals surface area contributed by atoms with Gasteiger partial charge in [-0.3, -0.25) is 0 Å². The molecule has 1 atom stereocenters. The molecule has 0 amide bonds. The van der Waals surface area contributed by atoms with Crippen molar-refractivity contribution < 1.29 is 21.6 Å². The van der Waals surface area contributed by atoms with Crippen molar-refractivity contribution in [3.8, 4) is 11.3 Å². The highest BCUT2D eigenvalue weighted by Gasteiger charge is 2.30. The number of sulfonamides is 1. The number of hydrogen-bond donors (Lipinski definition) is 1. The number of piperidine rings is 1. The first-order chi connectivity index (χ1) is 19.1. The van der Waals surface area contributed by atoms with E-state index in [4.69, 9.17) is 9.72 Å². The van der Waals surface area contributed by atoms with Crippen LogP contribution in [0.1, 0.15) is 26.7 Å². The number of hydrogen-bond acceptors (Lipinski definition) is 10. The molecule has 15 heteroatoms. The van der Waals surface area contributed by atoms with Gasteiger partial charge in [-0.1, -0.05) is 33.5 Å². The predicted molar refractivity (Wildman–Crippen MR) is 163 cm³/mol. The summed E-state index contributed by atoms with van der Waals surface area (Å²) in [6, 6.07) is 2.66. The van der Waals surface area contributed by atoms with Gasteiger partial charge in [0.15, 0.2) is 5.65 Å². The van der Waals surface area contributed by atoms with E-state index in [1.807, 2.05) is 30.7 Å². The van der Waals surface area contributed by atoms with Gasteiger partial charge in [0.05, 0.1) is 23.2 Å². The highest BCUT2D eigenvalue weighted by molar-refractivity contribution is 7.90. The van der Waals surface area contributed by atoms with Crippen LogP contribution in [0.2, 0.25) is 25.7 Å². The van der Waals surface area contributed by atoms with E-state index in [1.165, 1.54) is 10.5 Å². The summed E-state index contributed by atoms with van der Waals surface area (Å²) in [6.07, 6.45) is 7.33. The maximum Gasteiger partial charge on any atom is 0.248 e. The van der Waals surface area contributed by atoms with E-state index in [0.29, 0.717) is 55.1 Å². The largest absolute Gasteiger partial charge is 0.365 e. The molecule has 0 spiro atoms. The number of rotatable bonds is 12. The van der Waals surface area contributed by atoms with Crippen LogP contribution in [0.5, 0.6) is 0 Å². The molecular weight excluding hydrogens is 583 g/mol. The van der Waals surface area contributed by atoms with Crippen LogP contribution >= 0.6 is 0 Å². The van der Waals surface area contributed by atoms with Gasteiger partial charge >= 0.3 is 0 Å². The lowest BCUT2D eigenvalue weighted by atomic mass is 10.1. The van der Waals surface area contributed by atoms with Gasteiger partial charge in [-0.05, 0) is 30.9 Å². The number of anilines is 1. The number of ether oxygens (including phenoxy) is 1. The summed E-state index contributed by atoms with van der Waals surface area (Å²) in [4.78, 5) is 17.8. The molecule has 3 aromatic rings. The van der Waals surface area contributed by atoms with Gasteiger partial charge in [-0.25, -0.2) is 36.8 Å². The van der Waals surface area contributed by atoms with Gasteiger partial charge < -0.3 is 14.6 Å². The Morgan fingerprint density at radius 2 is 1.88 bits per heavy atom. The van der Waals surface area contributed by atoms with Crippen LogP contribution in [0.4, 0.5) is 5.82 Å². The number of sulfone groups is 1. The molecule has 1 saturated heterocycles. The molecule has 1 N–H and O–H groups in total. The van der Waals surface area contributed by atoms with E-state index in [1.54, 1.807) is 6.20 Å². The minimum atomic E-state index is -3.68. The molecule has 0 radical (unpaired) electrons. The second kappa shape index (κ2) is 12.4. The van der Waals surface area contributed by atoms with E-state index in [0.717, 1.165) is 12.3 Å². The van der Waals surface area contributed by atoms with Crippen LogP contribution in [0, 0.1) is 5.92 Å². The first-order valence-corrected chi connectivity index (χ1v) is 21.0. The molecule has 1 aliphatic rings. The van der Waals surface area contributed by atoms with Crippen LogP contribution < -0.4 is 5.32 Å². The first-order valence-electron chi connectivity index (χ1n) is 13.8. The summed E-state index contributed by atoms with van der Waals surface area (Å²) in [7, 11) is -8.28. The van der Waals surface area contributed by atoms with Crippen LogP contribution in [0.3, 0.4) is 0 Å². The highest BCUT2D eigenvalue weighted by atomic mass is 32.2. The number of aromatic nitrogens is 5. The van der Waals surface area contributed by atoms with Gasteiger partial charge in [-0.2, -0.15) is 4.31 Å². The Balaban J connectivity index is 1.60. The summed E-state index contributed by atoms with van der Waals surface area (Å²) in [6.45, 7) is 12.5. The third-order valence-corrected chi connectivity index (χ3v) is 11.5. The zero-order chi connectivity index (χ0) is 30.0. The van der Waals surface area contributed by atoms with Crippen molar-refractivity contribution in [2.24, 2.45) is 5.92 Å². The Bertz CT molecular complexity index is 1590. The zero-order valence-electron chi connectivity index (χ0n) is 24.7. The maximum atomic E-state index is 12.9. The molecule has 1 aliphatic heterocycles. The van der Waals surface area contributed by atoms with Gasteiger partial charge in [0.2, 0.25) is 25.0 Å². The van der Waals surface area contributed by atoms with Crippen LogP contribution in [0.15, 0.2) is 29.8 Å². The molecule has 226 valence electrons. The zero-order valence-corrected chi connectivity index (χ0v) is 27.3. The quantitative estimate of drug-likeness (QED) is 0.181. The van der Waals surface area contributed by atoms with Gasteiger partial charge in [-0.15, -0.1) is 0 Å². The van der Waals surface area contributed by atoms with E-state index < -0.39 is 27.9 Å². The smallest absolute Gasteiger partial charge is 0.248 e. The molecule has 0 saturated carbocycles. The summed E-state index contributed by atoms with van der Waals surface area (Å²) in [5.74, 6) is 0.366. The van der Waals surface area contributed by atoms with Crippen LogP contribution in [-0.4, -0.2) is 91.5 Å². The van der Waals surface area contributed by atoms with E-state index in [-0.39, 0.29) is 35.2 Å². The predicted octanol–water partition coefficient (Wildman–Crippen LogP) is 3.47. The van der Waals surface area contributed by atoms with Crippen LogP contribution in [-0.2, 0) is 31.3 Å². The number of nitrogens with zero attached hydrogens (tertiary/aromatic N) is 6. The van der Waals surface area contributed by atoms with E-state index >= 15 is 0 Å². The van der Waals surface area contributed by atoms with Crippen molar-refractivity contribution in [3.63, 3.8) is 0 Å². The Hall–Kier alpha value is -2.46. The molecule has 0 aromatic carbocycles. The lowest BCUT2D eigenvalue weighted by molar-refractivity contribution is 0.0899. The van der Waals surface area contributed by atoms with E-state index in [2.05, 4.69) is 39.9 Å². The standard InChI is InChI=1S/C26H41N7O5S2Si/c1-19(2)17-40(36,37)33-10-7-8-20(16-33)29-24-21(14-28-26(31-24)39(3,34)35)23-15-27-25-22(30-23)9-11-32(25)18-38-12-13-41(4,5)6/h9,11,14-15,19-20H,7-8,10,12-13,16-18H2,1-6H3,(H,28,29,31). The lowest BCUT2D eigenvalue weighted by Gasteiger charge is -2.33. The topological polar surface area (TPSA) is 149 Å². The minimum Gasteiger partial charge on any atom is -0.365 e. The fraction of sp³-hybridized carbons (Fsp3) is 0.615. The normalized spacial score (nSPS) is 17.4. The Kier molecular flexibility index (Phi) is 9.53. The summed E-state index contributed by atoms with van der Waals surface area (Å²) in [5, 5.41) is 2.98. The minimum absolute atomic E-state index is 0.0131. The SMILES string of the molecule is CC(C)CS(=O)(=O)N1CCCC(Nc2nc(S(C)(=O)=O)ncc2-c2cnc3c(ccn3COCC[Si](C)(C)C)n2)C1. The van der Waals surface area contributed by atoms with Crippen molar-refractivity contribution in [3.05, 3.63) is 24.7 Å².